The van der Waals surface area contributed by atoms with E-state index in [4.69, 9.17) is 19.4 Å². The molecule has 11 nitrogen and oxygen atoms in total. The number of nitrogens with zero attached hydrogens (tertiary/aromatic N) is 7. The van der Waals surface area contributed by atoms with Gasteiger partial charge in [-0.15, -0.1) is 0 Å². The molecule has 2 aliphatic heterocycles. The van der Waals surface area contributed by atoms with Crippen molar-refractivity contribution < 1.29 is 22.6 Å². The second-order valence-electron chi connectivity index (χ2n) is 18.6. The van der Waals surface area contributed by atoms with Gasteiger partial charge in [-0.3, -0.25) is 9.58 Å². The molecule has 5 aromatic rings. The van der Waals surface area contributed by atoms with Crippen LogP contribution in [0, 0.1) is 17.0 Å². The molecular weight excluding hydrogens is 803 g/mol. The summed E-state index contributed by atoms with van der Waals surface area (Å²) in [7, 11) is 1.26. The average Bonchev–Trinajstić information content (AvgIpc) is 3.84. The zero-order valence-corrected chi connectivity index (χ0v) is 38.5. The van der Waals surface area contributed by atoms with E-state index in [0.717, 1.165) is 80.8 Å². The third kappa shape index (κ3) is 9.49. The Bertz CT molecular complexity index is 2290. The lowest BCUT2D eigenvalue weighted by Crippen LogP contribution is -2.53. The topological polar surface area (TPSA) is 97.5 Å². The number of nitrogens with one attached hydrogen (secondary N) is 2. The lowest BCUT2D eigenvalue weighted by atomic mass is 9.70. The maximum absolute atomic E-state index is 15.2. The number of anilines is 5. The highest BCUT2D eigenvalue weighted by atomic mass is 31.1. The van der Waals surface area contributed by atoms with Crippen LogP contribution in [0.3, 0.4) is 0 Å². The predicted molar refractivity (Wildman–Crippen MR) is 243 cm³/mol. The Morgan fingerprint density at radius 3 is 2.30 bits per heavy atom. The van der Waals surface area contributed by atoms with E-state index in [1.165, 1.54) is 0 Å². The predicted octanol–water partition coefficient (Wildman–Crippen LogP) is 9.72. The zero-order valence-electron chi connectivity index (χ0n) is 36.6. The number of piperidine rings is 2. The first kappa shape index (κ1) is 43.9. The standard InChI is InChI=1S/C44H61F3N9O2PSi/c1-43(2,28-45)56-20-15-44(16-21-56)13-18-54(19-14-44)36-25-37(57-4)35(24-32(36)30-26-48-53(3)27-30)50-42-51-40(49-34-11-10-33(46)38(47)39(34)59(5)6)31-12-17-55(41(31)52-42)29-58-22-23-60(7,8)9/h10-12,17,24-27H,13-16,18-23,28-29H2,1-9H3,(H2,49,50,51,52). The van der Waals surface area contributed by atoms with Crippen LogP contribution in [0.4, 0.5) is 42.0 Å². The van der Waals surface area contributed by atoms with Crippen LogP contribution in [0.25, 0.3) is 22.2 Å². The molecule has 0 atom stereocenters. The number of hydrogen-bond donors (Lipinski definition) is 2. The van der Waals surface area contributed by atoms with E-state index in [2.05, 4.69) is 57.3 Å². The van der Waals surface area contributed by atoms with Gasteiger partial charge in [0, 0.05) is 80.9 Å². The van der Waals surface area contributed by atoms with Crippen molar-refractivity contribution in [2.75, 3.05) is 75.4 Å². The minimum Gasteiger partial charge on any atom is -0.494 e. The van der Waals surface area contributed by atoms with E-state index in [0.29, 0.717) is 52.6 Å². The summed E-state index contributed by atoms with van der Waals surface area (Å²) in [4.78, 5) is 14.7. The van der Waals surface area contributed by atoms with Gasteiger partial charge < -0.3 is 29.6 Å². The first-order valence-electron chi connectivity index (χ1n) is 20.9. The molecule has 2 saturated heterocycles. The highest BCUT2D eigenvalue weighted by Gasteiger charge is 2.41. The monoisotopic (exact) mass is 863 g/mol. The number of rotatable bonds is 15. The van der Waals surface area contributed by atoms with Gasteiger partial charge >= 0.3 is 0 Å². The number of hydrogen-bond acceptors (Lipinski definition) is 9. The number of alkyl halides is 1. The number of ether oxygens (including phenoxy) is 2. The Morgan fingerprint density at radius 1 is 0.950 bits per heavy atom. The molecule has 60 heavy (non-hydrogen) atoms. The number of likely N-dealkylation sites (tertiary alicyclic amines) is 1. The summed E-state index contributed by atoms with van der Waals surface area (Å²) < 4.78 is 59.5. The molecule has 7 rings (SSSR count). The zero-order chi connectivity index (χ0) is 43.0. The van der Waals surface area contributed by atoms with Crippen molar-refractivity contribution in [2.45, 2.75) is 77.5 Å². The van der Waals surface area contributed by atoms with Gasteiger partial charge in [-0.2, -0.15) is 15.1 Å². The third-order valence-electron chi connectivity index (χ3n) is 12.4. The van der Waals surface area contributed by atoms with Gasteiger partial charge in [0.2, 0.25) is 5.95 Å². The van der Waals surface area contributed by atoms with Gasteiger partial charge in [0.1, 0.15) is 30.6 Å². The molecule has 0 amide bonds. The Hall–Kier alpha value is -4.17. The molecule has 0 radical (unpaired) electrons. The number of fused-ring (bicyclic) bond motifs is 1. The first-order valence-corrected chi connectivity index (χ1v) is 26.9. The number of aromatic nitrogens is 5. The van der Waals surface area contributed by atoms with Crippen LogP contribution in [0.2, 0.25) is 25.7 Å². The van der Waals surface area contributed by atoms with Gasteiger partial charge in [0.25, 0.3) is 0 Å². The van der Waals surface area contributed by atoms with Crippen molar-refractivity contribution in [3.63, 3.8) is 0 Å². The van der Waals surface area contributed by atoms with Crippen LogP contribution in [0.1, 0.15) is 39.5 Å². The summed E-state index contributed by atoms with van der Waals surface area (Å²) in [5.74, 6) is -0.387. The number of methoxy groups -OCH3 is 1. The molecule has 2 N–H and O–H groups in total. The SMILES string of the molecule is COc1cc(N2CCC3(CC2)CCN(C(C)(C)CF)CC3)c(-c2cnn(C)c2)cc1Nc1nc(Nc2ccc(F)c(F)c2P(C)C)c2ccn(COCC[Si](C)(C)C)c2n1. The van der Waals surface area contributed by atoms with Crippen LogP contribution < -0.4 is 25.6 Å². The quantitative estimate of drug-likeness (QED) is 0.0606. The summed E-state index contributed by atoms with van der Waals surface area (Å²) in [6.45, 7) is 19.0. The second-order valence-corrected chi connectivity index (χ2v) is 26.4. The first-order chi connectivity index (χ1) is 28.5. The van der Waals surface area contributed by atoms with Crippen LogP contribution >= 0.6 is 7.92 Å². The lowest BCUT2D eigenvalue weighted by molar-refractivity contribution is 0.0112. The molecule has 0 saturated carbocycles. The summed E-state index contributed by atoms with van der Waals surface area (Å²) in [5.41, 5.74) is 4.57. The summed E-state index contributed by atoms with van der Waals surface area (Å²) >= 11 is 0. The summed E-state index contributed by atoms with van der Waals surface area (Å²) in [6.07, 6.45) is 10.1. The van der Waals surface area contributed by atoms with E-state index in [9.17, 15) is 8.78 Å². The van der Waals surface area contributed by atoms with E-state index >= 15 is 4.39 Å². The van der Waals surface area contributed by atoms with Crippen LogP contribution in [0.15, 0.2) is 48.9 Å². The van der Waals surface area contributed by atoms with Crippen molar-refractivity contribution in [1.82, 2.24) is 29.2 Å². The van der Waals surface area contributed by atoms with Gasteiger partial charge in [-0.1, -0.05) is 27.6 Å². The van der Waals surface area contributed by atoms with Gasteiger partial charge in [0.05, 0.1) is 30.1 Å². The largest absolute Gasteiger partial charge is 0.494 e. The Balaban J connectivity index is 1.23. The van der Waals surface area contributed by atoms with E-state index < -0.39 is 33.2 Å². The highest BCUT2D eigenvalue weighted by molar-refractivity contribution is 7.64. The van der Waals surface area contributed by atoms with Crippen LogP contribution in [-0.4, -0.2) is 103 Å². The van der Waals surface area contributed by atoms with E-state index in [-0.39, 0.29) is 18.0 Å². The molecular formula is C44H61F3N9O2PSi. The normalized spacial score (nSPS) is 16.3. The van der Waals surface area contributed by atoms with Crippen molar-refractivity contribution in [3.8, 4) is 16.9 Å². The third-order valence-corrected chi connectivity index (χ3v) is 15.4. The molecule has 0 bridgehead atoms. The maximum Gasteiger partial charge on any atom is 0.231 e. The Labute approximate surface area is 354 Å². The fourth-order valence-electron chi connectivity index (χ4n) is 8.47. The molecule has 16 heteroatoms. The number of benzene rings is 2. The lowest BCUT2D eigenvalue weighted by Gasteiger charge is -2.50. The molecule has 2 aliphatic rings. The van der Waals surface area contributed by atoms with Crippen molar-refractivity contribution >= 4 is 61.2 Å². The van der Waals surface area contributed by atoms with Crippen LogP contribution in [-0.2, 0) is 18.5 Å². The van der Waals surface area contributed by atoms with E-state index in [1.54, 1.807) is 17.9 Å². The fraction of sp³-hybridized carbons (Fsp3) is 0.523. The molecule has 1 spiro atoms. The van der Waals surface area contributed by atoms with Crippen molar-refractivity contribution in [1.29, 1.82) is 0 Å². The molecule has 324 valence electrons. The second kappa shape index (κ2) is 17.7. The minimum atomic E-state index is -1.30. The Kier molecular flexibility index (Phi) is 12.9. The molecule has 2 aromatic carbocycles. The molecule has 0 aliphatic carbocycles. The Morgan fingerprint density at radius 2 is 1.67 bits per heavy atom. The van der Waals surface area contributed by atoms with Gasteiger partial charge in [-0.25, -0.2) is 13.2 Å². The average molecular weight is 864 g/mol. The summed E-state index contributed by atoms with van der Waals surface area (Å²) in [6, 6.07) is 9.80. The highest BCUT2D eigenvalue weighted by Crippen LogP contribution is 2.47. The molecule has 2 fully saturated rings. The minimum absolute atomic E-state index is 0.259. The number of halogens is 3. The molecule has 3 aromatic heterocycles. The van der Waals surface area contributed by atoms with Crippen molar-refractivity contribution in [3.05, 3.63) is 60.6 Å². The molecule has 0 unspecified atom stereocenters. The maximum atomic E-state index is 15.2. The van der Waals surface area contributed by atoms with Crippen molar-refractivity contribution in [2.24, 2.45) is 12.5 Å². The number of aryl methyl sites for hydroxylation is 1. The summed E-state index contributed by atoms with van der Waals surface area (Å²) in [5, 5.41) is 12.4. The fourth-order valence-corrected chi connectivity index (χ4v) is 10.3. The van der Waals surface area contributed by atoms with Gasteiger partial charge in [-0.05, 0) is 102 Å². The van der Waals surface area contributed by atoms with Gasteiger partial charge in [0.15, 0.2) is 11.6 Å². The smallest absolute Gasteiger partial charge is 0.231 e. The molecule has 5 heterocycles. The van der Waals surface area contributed by atoms with E-state index in [1.807, 2.05) is 63.4 Å². The van der Waals surface area contributed by atoms with Crippen LogP contribution in [0.5, 0.6) is 5.75 Å².